The molecule has 0 saturated heterocycles. The Balaban J connectivity index is 3.67. The maximum Gasteiger partial charge on any atom is 0.337 e. The van der Waals surface area contributed by atoms with Gasteiger partial charge in [0.25, 0.3) is 6.01 Å². The smallest absolute Gasteiger partial charge is 0.337 e. The van der Waals surface area contributed by atoms with Crippen molar-refractivity contribution in [2.45, 2.75) is 13.3 Å². The quantitative estimate of drug-likeness (QED) is 0.188. The molecule has 0 atom stereocenters. The molecule has 0 heterocycles. The van der Waals surface area contributed by atoms with Crippen LogP contribution in [0.2, 0.25) is 0 Å². The first kappa shape index (κ1) is 12.7. The standard InChI is InChI=1S/C8H12FIO3/c1-2-12-8(11)6-7(9)13-5-3-4-10/h6H,2-5H2,1H3/b7-6+. The third kappa shape index (κ3) is 8.01. The molecule has 3 nitrogen and oxygen atoms in total. The predicted molar refractivity (Wildman–Crippen MR) is 55.3 cm³/mol. The Kier molecular flexibility index (Phi) is 8.07. The van der Waals surface area contributed by atoms with Gasteiger partial charge in [0.05, 0.1) is 19.3 Å². The monoisotopic (exact) mass is 302 g/mol. The first-order valence-corrected chi connectivity index (χ1v) is 5.46. The first-order valence-electron chi connectivity index (χ1n) is 3.93. The Morgan fingerprint density at radius 2 is 2.23 bits per heavy atom. The van der Waals surface area contributed by atoms with Crippen molar-refractivity contribution in [1.82, 2.24) is 0 Å². The third-order valence-corrected chi connectivity index (χ3v) is 1.80. The van der Waals surface area contributed by atoms with Gasteiger partial charge in [-0.1, -0.05) is 22.6 Å². The minimum atomic E-state index is -0.886. The molecule has 0 spiro atoms. The van der Waals surface area contributed by atoms with Crippen molar-refractivity contribution in [3.63, 3.8) is 0 Å². The second kappa shape index (κ2) is 8.28. The van der Waals surface area contributed by atoms with Crippen LogP contribution in [0.4, 0.5) is 4.39 Å². The second-order valence-electron chi connectivity index (χ2n) is 2.09. The fourth-order valence-corrected chi connectivity index (χ4v) is 0.854. The number of alkyl halides is 1. The maximum absolute atomic E-state index is 12.6. The van der Waals surface area contributed by atoms with Crippen LogP contribution in [0.25, 0.3) is 0 Å². The number of ether oxygens (including phenoxy) is 2. The van der Waals surface area contributed by atoms with Crippen LogP contribution in [0, 0.1) is 0 Å². The molecular formula is C8H12FIO3. The first-order chi connectivity index (χ1) is 6.20. The molecule has 0 aromatic rings. The van der Waals surface area contributed by atoms with Crippen molar-refractivity contribution in [3.8, 4) is 0 Å². The summed E-state index contributed by atoms with van der Waals surface area (Å²) in [4.78, 5) is 10.7. The molecule has 0 aromatic carbocycles. The molecule has 0 aliphatic carbocycles. The molecule has 0 unspecified atom stereocenters. The number of esters is 1. The molecule has 0 aliphatic rings. The van der Waals surface area contributed by atoms with Crippen molar-refractivity contribution in [2.24, 2.45) is 0 Å². The van der Waals surface area contributed by atoms with Crippen LogP contribution in [-0.4, -0.2) is 23.6 Å². The average molecular weight is 302 g/mol. The fourth-order valence-electron chi connectivity index (χ4n) is 0.542. The van der Waals surface area contributed by atoms with Gasteiger partial charge < -0.3 is 9.47 Å². The lowest BCUT2D eigenvalue weighted by atomic mass is 10.5. The predicted octanol–water partition coefficient (Wildman–Crippen LogP) is 2.20. The summed E-state index contributed by atoms with van der Waals surface area (Å²) in [5, 5.41) is 0. The summed E-state index contributed by atoms with van der Waals surface area (Å²) in [5.74, 6) is -0.713. The minimum absolute atomic E-state index is 0.233. The van der Waals surface area contributed by atoms with E-state index in [0.29, 0.717) is 6.08 Å². The summed E-state index contributed by atoms with van der Waals surface area (Å²) in [6.45, 7) is 2.17. The molecule has 5 heteroatoms. The van der Waals surface area contributed by atoms with Gasteiger partial charge >= 0.3 is 5.97 Å². The molecule has 0 aromatic heterocycles. The van der Waals surface area contributed by atoms with E-state index in [9.17, 15) is 9.18 Å². The molecule has 0 N–H and O–H groups in total. The molecule has 0 bridgehead atoms. The van der Waals surface area contributed by atoms with Gasteiger partial charge in [-0.15, -0.1) is 0 Å². The van der Waals surface area contributed by atoms with E-state index >= 15 is 0 Å². The van der Waals surface area contributed by atoms with Crippen LogP contribution in [0.3, 0.4) is 0 Å². The Bertz CT molecular complexity index is 182. The fraction of sp³-hybridized carbons (Fsp3) is 0.625. The van der Waals surface area contributed by atoms with Crippen LogP contribution >= 0.6 is 22.6 Å². The van der Waals surface area contributed by atoms with E-state index in [0.717, 1.165) is 10.8 Å². The molecule has 0 amide bonds. The molecule has 13 heavy (non-hydrogen) atoms. The zero-order chi connectivity index (χ0) is 10.1. The van der Waals surface area contributed by atoms with E-state index in [1.54, 1.807) is 6.92 Å². The highest BCUT2D eigenvalue weighted by Gasteiger charge is 2.01. The van der Waals surface area contributed by atoms with Crippen molar-refractivity contribution < 1.29 is 18.7 Å². The lowest BCUT2D eigenvalue weighted by Gasteiger charge is -2.00. The van der Waals surface area contributed by atoms with Gasteiger partial charge in [0.1, 0.15) is 0 Å². The minimum Gasteiger partial charge on any atom is -0.471 e. The molecular weight excluding hydrogens is 290 g/mol. The molecule has 0 saturated carbocycles. The van der Waals surface area contributed by atoms with E-state index in [1.807, 2.05) is 0 Å². The van der Waals surface area contributed by atoms with Crippen molar-refractivity contribution >= 4 is 28.6 Å². The highest BCUT2D eigenvalue weighted by Crippen LogP contribution is 2.01. The molecule has 0 rings (SSSR count). The number of hydrogen-bond donors (Lipinski definition) is 0. The Morgan fingerprint density at radius 1 is 1.54 bits per heavy atom. The molecule has 76 valence electrons. The average Bonchev–Trinajstić information content (AvgIpc) is 2.05. The number of hydrogen-bond acceptors (Lipinski definition) is 3. The summed E-state index contributed by atoms with van der Waals surface area (Å²) in [5.41, 5.74) is 0. The topological polar surface area (TPSA) is 35.5 Å². The van der Waals surface area contributed by atoms with E-state index in [4.69, 9.17) is 0 Å². The largest absolute Gasteiger partial charge is 0.471 e. The zero-order valence-electron chi connectivity index (χ0n) is 7.39. The van der Waals surface area contributed by atoms with Gasteiger partial charge in [-0.2, -0.15) is 4.39 Å². The SMILES string of the molecule is CCOC(=O)/C=C(\F)OCCCI. The lowest BCUT2D eigenvalue weighted by molar-refractivity contribution is -0.137. The number of carbonyl (C=O) groups excluding carboxylic acids is 1. The lowest BCUT2D eigenvalue weighted by Crippen LogP contribution is -2.01. The summed E-state index contributed by atoms with van der Waals surface area (Å²) in [7, 11) is 0. The summed E-state index contributed by atoms with van der Waals surface area (Å²) in [6.07, 6.45) is 1.46. The Hall–Kier alpha value is -0.330. The van der Waals surface area contributed by atoms with Gasteiger partial charge in [0.15, 0.2) is 0 Å². The number of halogens is 2. The van der Waals surface area contributed by atoms with E-state index in [1.165, 1.54) is 0 Å². The van der Waals surface area contributed by atoms with Gasteiger partial charge in [0.2, 0.25) is 0 Å². The van der Waals surface area contributed by atoms with Gasteiger partial charge in [-0.25, -0.2) is 4.79 Å². The summed E-state index contributed by atoms with van der Waals surface area (Å²) in [6, 6.07) is -0.886. The highest BCUT2D eigenvalue weighted by atomic mass is 127. The van der Waals surface area contributed by atoms with Crippen molar-refractivity contribution in [3.05, 3.63) is 12.1 Å². The van der Waals surface area contributed by atoms with Gasteiger partial charge in [-0.3, -0.25) is 0 Å². The zero-order valence-corrected chi connectivity index (χ0v) is 9.54. The molecule has 0 aliphatic heterocycles. The van der Waals surface area contributed by atoms with Crippen LogP contribution in [-0.2, 0) is 14.3 Å². The van der Waals surface area contributed by atoms with Crippen molar-refractivity contribution in [2.75, 3.05) is 17.6 Å². The van der Waals surface area contributed by atoms with Crippen LogP contribution < -0.4 is 0 Å². The van der Waals surface area contributed by atoms with Crippen LogP contribution in [0.5, 0.6) is 0 Å². The van der Waals surface area contributed by atoms with E-state index in [-0.39, 0.29) is 13.2 Å². The maximum atomic E-state index is 12.6. The third-order valence-electron chi connectivity index (χ3n) is 1.04. The van der Waals surface area contributed by atoms with Crippen LogP contribution in [0.1, 0.15) is 13.3 Å². The van der Waals surface area contributed by atoms with E-state index in [2.05, 4.69) is 32.1 Å². The second-order valence-corrected chi connectivity index (χ2v) is 3.17. The van der Waals surface area contributed by atoms with Crippen molar-refractivity contribution in [1.29, 1.82) is 0 Å². The normalized spacial score (nSPS) is 11.2. The summed E-state index contributed by atoms with van der Waals surface area (Å²) < 4.78 is 22.6. The van der Waals surface area contributed by atoms with Crippen LogP contribution in [0.15, 0.2) is 12.1 Å². The van der Waals surface area contributed by atoms with E-state index < -0.39 is 12.0 Å². The van der Waals surface area contributed by atoms with Gasteiger partial charge in [-0.05, 0) is 13.3 Å². The number of rotatable bonds is 6. The Morgan fingerprint density at radius 3 is 2.77 bits per heavy atom. The Labute approximate surface area is 90.4 Å². The number of carbonyl (C=O) groups is 1. The summed E-state index contributed by atoms with van der Waals surface area (Å²) >= 11 is 2.16. The molecule has 0 radical (unpaired) electrons. The van der Waals surface area contributed by atoms with Gasteiger partial charge in [0, 0.05) is 4.43 Å². The highest BCUT2D eigenvalue weighted by molar-refractivity contribution is 14.1. The molecule has 0 fully saturated rings.